The highest BCUT2D eigenvalue weighted by molar-refractivity contribution is 5.70. The Bertz CT molecular complexity index is 410. The molecular formula is C9H11F2N3O2. The zero-order chi connectivity index (χ0) is 12.3. The minimum Gasteiger partial charge on any atom is -0.481 e. The molecule has 7 heteroatoms. The number of nitrogens with zero attached hydrogens (tertiary/aromatic N) is 1. The monoisotopic (exact) mass is 231 g/mol. The summed E-state index contributed by atoms with van der Waals surface area (Å²) in [5.41, 5.74) is 10.3. The molecule has 16 heavy (non-hydrogen) atoms. The number of hydrogen-bond donors (Lipinski definition) is 3. The fourth-order valence-corrected chi connectivity index (χ4v) is 1.39. The number of anilines is 1. The van der Waals surface area contributed by atoms with Gasteiger partial charge >= 0.3 is 5.97 Å². The first-order valence-corrected chi connectivity index (χ1v) is 4.43. The molecule has 1 aromatic heterocycles. The van der Waals surface area contributed by atoms with Crippen molar-refractivity contribution in [3.8, 4) is 0 Å². The third kappa shape index (κ3) is 2.63. The molecule has 0 aliphatic heterocycles. The number of rotatable bonds is 4. The largest absolute Gasteiger partial charge is 0.481 e. The van der Waals surface area contributed by atoms with Crippen LogP contribution >= 0.6 is 0 Å². The highest BCUT2D eigenvalue weighted by Gasteiger charge is 2.19. The van der Waals surface area contributed by atoms with Gasteiger partial charge in [0.05, 0.1) is 12.1 Å². The number of nitrogens with two attached hydrogens (primary N) is 2. The summed E-state index contributed by atoms with van der Waals surface area (Å²) in [6, 6.07) is 1.01. The standard InChI is InChI=1S/C9H11F2N3O2/c10-9(11)4-1-7(13)14-6(2-8(15)16)5(4)3-12/h1,9H,2-3,12H2,(H2,13,14)(H,15,16). The predicted octanol–water partition coefficient (Wildman–Crippen LogP) is 0.687. The van der Waals surface area contributed by atoms with Gasteiger partial charge in [-0.25, -0.2) is 13.8 Å². The van der Waals surface area contributed by atoms with Gasteiger partial charge < -0.3 is 16.6 Å². The maximum Gasteiger partial charge on any atom is 0.309 e. The van der Waals surface area contributed by atoms with Crippen molar-refractivity contribution >= 4 is 11.8 Å². The molecule has 0 fully saturated rings. The summed E-state index contributed by atoms with van der Waals surface area (Å²) in [6.45, 7) is -0.199. The Kier molecular flexibility index (Phi) is 3.73. The molecule has 1 aromatic rings. The van der Waals surface area contributed by atoms with Crippen molar-refractivity contribution in [3.05, 3.63) is 22.9 Å². The van der Waals surface area contributed by atoms with Crippen LogP contribution in [0.2, 0.25) is 0 Å². The molecule has 0 aliphatic carbocycles. The molecule has 0 radical (unpaired) electrons. The molecule has 0 saturated carbocycles. The molecular weight excluding hydrogens is 220 g/mol. The summed E-state index contributed by atoms with van der Waals surface area (Å²) in [6.07, 6.45) is -3.23. The molecule has 1 heterocycles. The first-order chi connectivity index (χ1) is 7.45. The number of carboxylic acid groups (broad SMARTS) is 1. The number of nitrogen functional groups attached to an aromatic ring is 1. The summed E-state index contributed by atoms with van der Waals surface area (Å²) in [5, 5.41) is 8.60. The van der Waals surface area contributed by atoms with E-state index in [1.54, 1.807) is 0 Å². The third-order valence-electron chi connectivity index (χ3n) is 2.02. The lowest BCUT2D eigenvalue weighted by Crippen LogP contribution is -2.13. The summed E-state index contributed by atoms with van der Waals surface area (Å²) < 4.78 is 25.3. The molecule has 0 aliphatic rings. The van der Waals surface area contributed by atoms with E-state index in [1.807, 2.05) is 0 Å². The summed E-state index contributed by atoms with van der Waals surface area (Å²) in [5.74, 6) is -1.31. The third-order valence-corrected chi connectivity index (χ3v) is 2.02. The Hall–Kier alpha value is -1.76. The van der Waals surface area contributed by atoms with Crippen molar-refractivity contribution in [1.29, 1.82) is 0 Å². The van der Waals surface area contributed by atoms with E-state index in [-0.39, 0.29) is 29.2 Å². The van der Waals surface area contributed by atoms with Gasteiger partial charge in [-0.2, -0.15) is 0 Å². The van der Waals surface area contributed by atoms with E-state index in [0.29, 0.717) is 0 Å². The average Bonchev–Trinajstić information content (AvgIpc) is 2.15. The van der Waals surface area contributed by atoms with Crippen LogP contribution < -0.4 is 11.5 Å². The summed E-state index contributed by atoms with van der Waals surface area (Å²) >= 11 is 0. The van der Waals surface area contributed by atoms with E-state index in [2.05, 4.69) is 4.98 Å². The average molecular weight is 231 g/mol. The van der Waals surface area contributed by atoms with Gasteiger partial charge in [-0.05, 0) is 11.6 Å². The van der Waals surface area contributed by atoms with E-state index in [1.165, 1.54) is 0 Å². The van der Waals surface area contributed by atoms with Crippen molar-refractivity contribution in [3.63, 3.8) is 0 Å². The lowest BCUT2D eigenvalue weighted by molar-refractivity contribution is -0.136. The molecule has 0 atom stereocenters. The first kappa shape index (κ1) is 12.3. The van der Waals surface area contributed by atoms with Crippen LogP contribution in [-0.4, -0.2) is 16.1 Å². The van der Waals surface area contributed by atoms with E-state index < -0.39 is 18.8 Å². The predicted molar refractivity (Wildman–Crippen MR) is 52.8 cm³/mol. The Morgan fingerprint density at radius 2 is 2.19 bits per heavy atom. The number of carbonyl (C=O) groups is 1. The number of halogens is 2. The normalized spacial score (nSPS) is 10.8. The Morgan fingerprint density at radius 3 is 2.62 bits per heavy atom. The van der Waals surface area contributed by atoms with Gasteiger partial charge in [0.1, 0.15) is 5.82 Å². The molecule has 0 bridgehead atoms. The number of alkyl halides is 2. The Labute approximate surface area is 90.1 Å². The number of hydrogen-bond acceptors (Lipinski definition) is 4. The van der Waals surface area contributed by atoms with Crippen LogP contribution in [-0.2, 0) is 17.8 Å². The van der Waals surface area contributed by atoms with Crippen LogP contribution in [0.3, 0.4) is 0 Å². The highest BCUT2D eigenvalue weighted by Crippen LogP contribution is 2.26. The van der Waals surface area contributed by atoms with Gasteiger partial charge in [-0.3, -0.25) is 4.79 Å². The molecule has 0 amide bonds. The summed E-state index contributed by atoms with van der Waals surface area (Å²) in [7, 11) is 0. The molecule has 1 rings (SSSR count). The maximum absolute atomic E-state index is 12.6. The van der Waals surface area contributed by atoms with Gasteiger partial charge in [-0.15, -0.1) is 0 Å². The van der Waals surface area contributed by atoms with Crippen molar-refractivity contribution in [2.45, 2.75) is 19.4 Å². The van der Waals surface area contributed by atoms with Crippen LogP contribution in [0.4, 0.5) is 14.6 Å². The molecule has 5 nitrogen and oxygen atoms in total. The number of pyridine rings is 1. The SMILES string of the molecule is NCc1c(C(F)F)cc(N)nc1CC(=O)O. The molecule has 5 N–H and O–H groups in total. The number of carboxylic acids is 1. The van der Waals surface area contributed by atoms with Crippen LogP contribution in [0.5, 0.6) is 0 Å². The lowest BCUT2D eigenvalue weighted by Gasteiger charge is -2.12. The number of aromatic nitrogens is 1. The van der Waals surface area contributed by atoms with Gasteiger partial charge in [0.25, 0.3) is 6.43 Å². The van der Waals surface area contributed by atoms with Gasteiger partial charge in [0, 0.05) is 12.1 Å². The Morgan fingerprint density at radius 1 is 1.56 bits per heavy atom. The minimum atomic E-state index is -2.75. The quantitative estimate of drug-likeness (QED) is 0.707. The van der Waals surface area contributed by atoms with Crippen LogP contribution in [0.25, 0.3) is 0 Å². The van der Waals surface area contributed by atoms with E-state index in [9.17, 15) is 13.6 Å². The first-order valence-electron chi connectivity index (χ1n) is 4.43. The van der Waals surface area contributed by atoms with Crippen molar-refractivity contribution < 1.29 is 18.7 Å². The van der Waals surface area contributed by atoms with Crippen LogP contribution in [0.15, 0.2) is 6.07 Å². The lowest BCUT2D eigenvalue weighted by atomic mass is 10.0. The maximum atomic E-state index is 12.6. The zero-order valence-electron chi connectivity index (χ0n) is 8.28. The molecule has 0 saturated heterocycles. The minimum absolute atomic E-state index is 0.00898. The zero-order valence-corrected chi connectivity index (χ0v) is 8.28. The van der Waals surface area contributed by atoms with E-state index in [0.717, 1.165) is 6.07 Å². The molecule has 0 unspecified atom stereocenters. The molecule has 0 spiro atoms. The van der Waals surface area contributed by atoms with Crippen LogP contribution in [0, 0.1) is 0 Å². The van der Waals surface area contributed by atoms with Gasteiger partial charge in [0.15, 0.2) is 0 Å². The van der Waals surface area contributed by atoms with Crippen molar-refractivity contribution in [2.75, 3.05) is 5.73 Å². The van der Waals surface area contributed by atoms with Crippen molar-refractivity contribution in [1.82, 2.24) is 4.98 Å². The number of aliphatic carboxylic acids is 1. The fourth-order valence-electron chi connectivity index (χ4n) is 1.39. The summed E-state index contributed by atoms with van der Waals surface area (Å²) in [4.78, 5) is 14.2. The van der Waals surface area contributed by atoms with E-state index >= 15 is 0 Å². The van der Waals surface area contributed by atoms with E-state index in [4.69, 9.17) is 16.6 Å². The second kappa shape index (κ2) is 4.84. The second-order valence-electron chi connectivity index (χ2n) is 3.14. The van der Waals surface area contributed by atoms with Gasteiger partial charge in [0.2, 0.25) is 0 Å². The topological polar surface area (TPSA) is 102 Å². The molecule has 88 valence electrons. The highest BCUT2D eigenvalue weighted by atomic mass is 19.3. The smallest absolute Gasteiger partial charge is 0.309 e. The van der Waals surface area contributed by atoms with Crippen LogP contribution in [0.1, 0.15) is 23.2 Å². The van der Waals surface area contributed by atoms with Crippen molar-refractivity contribution in [2.24, 2.45) is 5.73 Å². The fraction of sp³-hybridized carbons (Fsp3) is 0.333. The molecule has 0 aromatic carbocycles. The second-order valence-corrected chi connectivity index (χ2v) is 3.14. The van der Waals surface area contributed by atoms with Gasteiger partial charge in [-0.1, -0.05) is 0 Å². The Balaban J connectivity index is 3.29.